The number of fused-ring (bicyclic) bond motifs is 2. The van der Waals surface area contributed by atoms with Crippen molar-refractivity contribution in [2.24, 2.45) is 0 Å². The summed E-state index contributed by atoms with van der Waals surface area (Å²) in [4.78, 5) is 34.7. The average molecular weight is 517 g/mol. The van der Waals surface area contributed by atoms with E-state index < -0.39 is 11.3 Å². The van der Waals surface area contributed by atoms with E-state index in [4.69, 9.17) is 27.8 Å². The number of benzene rings is 3. The maximum atomic E-state index is 12.8. The van der Waals surface area contributed by atoms with Crippen LogP contribution in [0.5, 0.6) is 23.0 Å². The van der Waals surface area contributed by atoms with Gasteiger partial charge in [0.25, 0.3) is 0 Å². The van der Waals surface area contributed by atoms with Gasteiger partial charge in [0, 0.05) is 35.4 Å². The van der Waals surface area contributed by atoms with Crippen molar-refractivity contribution in [1.29, 1.82) is 0 Å². The fraction of sp³-hybridized carbons (Fsp3) is 0.214. The van der Waals surface area contributed by atoms with Crippen LogP contribution in [0.4, 0.5) is 0 Å². The van der Waals surface area contributed by atoms with E-state index in [1.54, 1.807) is 12.1 Å². The zero-order valence-corrected chi connectivity index (χ0v) is 21.6. The molecule has 194 valence electrons. The SMILES string of the molecule is COc1cc2nc(-c3cc(C)c(-c4nc5cc(OC)c(OC)cc5c(=O)o4)cc3C)oc(=O)c2cc1OC. The van der Waals surface area contributed by atoms with Crippen molar-refractivity contribution >= 4 is 21.8 Å². The Morgan fingerprint density at radius 3 is 1.24 bits per heavy atom. The van der Waals surface area contributed by atoms with E-state index in [-0.39, 0.29) is 22.6 Å². The molecular formula is C28H24N2O8. The summed E-state index contributed by atoms with van der Waals surface area (Å²) >= 11 is 0. The molecule has 0 radical (unpaired) electrons. The quantitative estimate of drug-likeness (QED) is 0.314. The molecule has 0 N–H and O–H groups in total. The summed E-state index contributed by atoms with van der Waals surface area (Å²) < 4.78 is 32.4. The molecule has 5 aromatic rings. The lowest BCUT2D eigenvalue weighted by Crippen LogP contribution is -2.06. The molecule has 0 spiro atoms. The number of aromatic nitrogens is 2. The molecule has 2 aromatic heterocycles. The number of hydrogen-bond donors (Lipinski definition) is 0. The third-order valence-corrected chi connectivity index (χ3v) is 6.30. The first kappa shape index (κ1) is 24.8. The first-order valence-corrected chi connectivity index (χ1v) is 11.5. The van der Waals surface area contributed by atoms with Crippen molar-refractivity contribution in [2.75, 3.05) is 28.4 Å². The van der Waals surface area contributed by atoms with Gasteiger partial charge in [-0.05, 0) is 37.1 Å². The second-order valence-corrected chi connectivity index (χ2v) is 8.54. The molecule has 38 heavy (non-hydrogen) atoms. The molecule has 0 saturated carbocycles. The van der Waals surface area contributed by atoms with Crippen LogP contribution < -0.4 is 30.2 Å². The highest BCUT2D eigenvalue weighted by Crippen LogP contribution is 2.35. The predicted octanol–water partition coefficient (Wildman–Crippen LogP) is 4.67. The molecule has 10 heteroatoms. The molecular weight excluding hydrogens is 492 g/mol. The summed E-state index contributed by atoms with van der Waals surface area (Å²) in [7, 11) is 5.99. The highest BCUT2D eigenvalue weighted by Gasteiger charge is 2.19. The smallest absolute Gasteiger partial charge is 0.347 e. The van der Waals surface area contributed by atoms with Crippen LogP contribution in [0.2, 0.25) is 0 Å². The third kappa shape index (κ3) is 4.09. The molecule has 5 rings (SSSR count). The lowest BCUT2D eigenvalue weighted by Gasteiger charge is -2.12. The molecule has 0 atom stereocenters. The number of aryl methyl sites for hydroxylation is 2. The topological polar surface area (TPSA) is 123 Å². The minimum absolute atomic E-state index is 0.145. The summed E-state index contributed by atoms with van der Waals surface area (Å²) in [5, 5.41) is 0.540. The Hall–Kier alpha value is -4.86. The molecule has 3 aromatic carbocycles. The Bertz CT molecular complexity index is 1700. The van der Waals surface area contributed by atoms with Crippen LogP contribution in [-0.4, -0.2) is 38.4 Å². The number of ether oxygens (including phenoxy) is 4. The molecule has 0 aliphatic heterocycles. The van der Waals surface area contributed by atoms with Gasteiger partial charge in [0.15, 0.2) is 23.0 Å². The van der Waals surface area contributed by atoms with E-state index in [0.29, 0.717) is 45.2 Å². The summed E-state index contributed by atoms with van der Waals surface area (Å²) in [5.74, 6) is 1.98. The van der Waals surface area contributed by atoms with Crippen molar-refractivity contribution in [3.8, 4) is 45.9 Å². The molecule has 2 heterocycles. The van der Waals surface area contributed by atoms with Gasteiger partial charge in [-0.1, -0.05) is 0 Å². The first-order chi connectivity index (χ1) is 18.3. The Morgan fingerprint density at radius 1 is 0.553 bits per heavy atom. The fourth-order valence-electron chi connectivity index (χ4n) is 4.31. The standard InChI is InChI=1S/C28H24N2O8/c1-13-7-16(26-30-20-12-24(36-6)22(34-4)10-18(20)28(32)38-26)14(2)8-15(13)25-29-19-11-23(35-5)21(33-3)9-17(19)27(31)37-25/h7-12H,1-6H3. The minimum Gasteiger partial charge on any atom is -0.493 e. The van der Waals surface area contributed by atoms with Crippen LogP contribution in [0.15, 0.2) is 54.8 Å². The number of methoxy groups -OCH3 is 4. The van der Waals surface area contributed by atoms with Crippen molar-refractivity contribution in [2.45, 2.75) is 13.8 Å². The Morgan fingerprint density at radius 2 is 0.895 bits per heavy atom. The van der Waals surface area contributed by atoms with Gasteiger partial charge in [0.2, 0.25) is 11.8 Å². The molecule has 0 bridgehead atoms. The lowest BCUT2D eigenvalue weighted by molar-refractivity contribution is 0.355. The molecule has 0 saturated heterocycles. The zero-order valence-electron chi connectivity index (χ0n) is 21.6. The maximum Gasteiger partial charge on any atom is 0.347 e. The zero-order chi connectivity index (χ0) is 27.1. The van der Waals surface area contributed by atoms with Gasteiger partial charge < -0.3 is 27.8 Å². The molecule has 10 nitrogen and oxygen atoms in total. The van der Waals surface area contributed by atoms with Crippen LogP contribution in [0.3, 0.4) is 0 Å². The van der Waals surface area contributed by atoms with Crippen LogP contribution in [0.1, 0.15) is 11.1 Å². The fourth-order valence-corrected chi connectivity index (χ4v) is 4.31. The van der Waals surface area contributed by atoms with Crippen molar-refractivity contribution < 1.29 is 27.8 Å². The van der Waals surface area contributed by atoms with E-state index in [0.717, 1.165) is 11.1 Å². The Kier molecular flexibility index (Phi) is 6.23. The average Bonchev–Trinajstić information content (AvgIpc) is 2.92. The van der Waals surface area contributed by atoms with Crippen LogP contribution in [0, 0.1) is 13.8 Å². The predicted molar refractivity (Wildman–Crippen MR) is 141 cm³/mol. The van der Waals surface area contributed by atoms with Gasteiger partial charge in [-0.25, -0.2) is 19.6 Å². The summed E-state index contributed by atoms with van der Waals surface area (Å²) in [5.41, 5.74) is 2.38. The van der Waals surface area contributed by atoms with E-state index in [9.17, 15) is 9.59 Å². The lowest BCUT2D eigenvalue weighted by atomic mass is 9.99. The van der Waals surface area contributed by atoms with E-state index in [1.165, 1.54) is 40.6 Å². The van der Waals surface area contributed by atoms with Gasteiger partial charge >= 0.3 is 11.3 Å². The monoisotopic (exact) mass is 516 g/mol. The molecule has 0 aliphatic rings. The van der Waals surface area contributed by atoms with Gasteiger partial charge in [0.1, 0.15) is 0 Å². The van der Waals surface area contributed by atoms with Crippen LogP contribution in [-0.2, 0) is 0 Å². The molecule has 0 unspecified atom stereocenters. The second-order valence-electron chi connectivity index (χ2n) is 8.54. The van der Waals surface area contributed by atoms with E-state index in [2.05, 4.69) is 9.97 Å². The minimum atomic E-state index is -0.557. The normalized spacial score (nSPS) is 11.1. The van der Waals surface area contributed by atoms with Gasteiger partial charge in [-0.2, -0.15) is 0 Å². The maximum absolute atomic E-state index is 12.8. The molecule has 0 fully saturated rings. The second kappa shape index (κ2) is 9.55. The van der Waals surface area contributed by atoms with Crippen molar-refractivity contribution in [3.63, 3.8) is 0 Å². The summed E-state index contributed by atoms with van der Waals surface area (Å²) in [6.07, 6.45) is 0. The number of rotatable bonds is 6. The van der Waals surface area contributed by atoms with E-state index >= 15 is 0 Å². The van der Waals surface area contributed by atoms with Crippen molar-refractivity contribution in [1.82, 2.24) is 9.97 Å². The third-order valence-electron chi connectivity index (χ3n) is 6.30. The highest BCUT2D eigenvalue weighted by molar-refractivity contribution is 5.84. The van der Waals surface area contributed by atoms with E-state index in [1.807, 2.05) is 26.0 Å². The summed E-state index contributed by atoms with van der Waals surface area (Å²) in [6.45, 7) is 3.68. The highest BCUT2D eigenvalue weighted by atomic mass is 16.5. The molecule has 0 aliphatic carbocycles. The van der Waals surface area contributed by atoms with Crippen LogP contribution >= 0.6 is 0 Å². The van der Waals surface area contributed by atoms with Gasteiger partial charge in [-0.15, -0.1) is 0 Å². The van der Waals surface area contributed by atoms with Crippen LogP contribution in [0.25, 0.3) is 44.7 Å². The van der Waals surface area contributed by atoms with Crippen molar-refractivity contribution in [3.05, 3.63) is 68.4 Å². The number of hydrogen-bond acceptors (Lipinski definition) is 10. The Balaban J connectivity index is 1.64. The largest absolute Gasteiger partial charge is 0.493 e. The Labute approximate surface area is 216 Å². The van der Waals surface area contributed by atoms with Gasteiger partial charge in [-0.3, -0.25) is 0 Å². The first-order valence-electron chi connectivity index (χ1n) is 11.5. The number of nitrogens with zero attached hydrogens (tertiary/aromatic N) is 2. The molecule has 0 amide bonds. The van der Waals surface area contributed by atoms with Gasteiger partial charge in [0.05, 0.1) is 50.2 Å². The summed E-state index contributed by atoms with van der Waals surface area (Å²) in [6, 6.07) is 9.95.